The number of imidazole rings is 1. The number of carbonyl (C=O) groups excluding carboxylic acids is 1. The van der Waals surface area contributed by atoms with E-state index in [-0.39, 0.29) is 12.3 Å². The Balaban J connectivity index is 1.40. The van der Waals surface area contributed by atoms with Crippen LogP contribution in [0.15, 0.2) is 52.4 Å². The number of nitrogens with zero attached hydrogens (tertiary/aromatic N) is 6. The lowest BCUT2D eigenvalue weighted by atomic mass is 10.2. The number of halogens is 1. The van der Waals surface area contributed by atoms with Crippen LogP contribution in [0.2, 0.25) is 5.02 Å². The van der Waals surface area contributed by atoms with Gasteiger partial charge in [-0.15, -0.1) is 0 Å². The molecule has 0 saturated heterocycles. The fourth-order valence-corrected chi connectivity index (χ4v) is 3.73. The van der Waals surface area contributed by atoms with E-state index in [4.69, 9.17) is 11.6 Å². The molecule has 1 aromatic carbocycles. The minimum absolute atomic E-state index is 0.171. The zero-order valence-corrected chi connectivity index (χ0v) is 18.4. The average Bonchev–Trinajstić information content (AvgIpc) is 3.39. The smallest absolute Gasteiger partial charge is 0.325 e. The van der Waals surface area contributed by atoms with Crippen LogP contribution in [0.4, 0.5) is 5.82 Å². The van der Waals surface area contributed by atoms with E-state index in [1.54, 1.807) is 28.6 Å². The van der Waals surface area contributed by atoms with Gasteiger partial charge < -0.3 is 9.88 Å². The first-order valence-electron chi connectivity index (χ1n) is 10.0. The Bertz CT molecular complexity index is 1410. The van der Waals surface area contributed by atoms with Crippen LogP contribution in [0.5, 0.6) is 0 Å². The molecule has 10 nitrogen and oxygen atoms in total. The third-order valence-electron chi connectivity index (χ3n) is 5.28. The van der Waals surface area contributed by atoms with E-state index < -0.39 is 11.2 Å². The van der Waals surface area contributed by atoms with Gasteiger partial charge >= 0.3 is 5.69 Å². The van der Waals surface area contributed by atoms with Crippen molar-refractivity contribution in [1.29, 1.82) is 0 Å². The fraction of sp³-hybridized carbons (Fsp3) is 0.286. The summed E-state index contributed by atoms with van der Waals surface area (Å²) in [4.78, 5) is 41.2. The molecule has 0 spiro atoms. The number of amides is 1. The van der Waals surface area contributed by atoms with E-state index in [0.717, 1.165) is 10.1 Å². The molecule has 4 aromatic rings. The highest BCUT2D eigenvalue weighted by Crippen LogP contribution is 2.18. The topological polar surface area (TPSA) is 109 Å². The average molecular weight is 456 g/mol. The number of aryl methyl sites for hydroxylation is 2. The second kappa shape index (κ2) is 8.83. The van der Waals surface area contributed by atoms with Crippen molar-refractivity contribution in [3.63, 3.8) is 0 Å². The van der Waals surface area contributed by atoms with Crippen molar-refractivity contribution < 1.29 is 4.79 Å². The second-order valence-corrected chi connectivity index (χ2v) is 7.84. The summed E-state index contributed by atoms with van der Waals surface area (Å²) in [6.07, 6.45) is 3.86. The predicted molar refractivity (Wildman–Crippen MR) is 121 cm³/mol. The molecule has 0 radical (unpaired) electrons. The number of nitrogens with one attached hydrogen (secondary N) is 1. The number of anilines is 1. The molecule has 0 atom stereocenters. The molecule has 166 valence electrons. The van der Waals surface area contributed by atoms with Crippen molar-refractivity contribution >= 4 is 34.5 Å². The molecule has 0 unspecified atom stereocenters. The van der Waals surface area contributed by atoms with Crippen LogP contribution in [0, 0.1) is 0 Å². The number of benzene rings is 1. The van der Waals surface area contributed by atoms with Gasteiger partial charge in [0.15, 0.2) is 11.2 Å². The standard InChI is InChI=1S/C21H22ClN7O3/c1-26-19-18(20(31)27(2)21(26)32)28(13-23-19)11-5-8-17(30)25-16-9-10-24-29(16)12-14-6-3-4-7-15(14)22/h3-4,6-7,9-10,13H,5,8,11-12H2,1-2H3,(H,25,30). The summed E-state index contributed by atoms with van der Waals surface area (Å²) in [6, 6.07) is 9.20. The van der Waals surface area contributed by atoms with Crippen molar-refractivity contribution in [2.45, 2.75) is 25.9 Å². The highest BCUT2D eigenvalue weighted by atomic mass is 35.5. The Morgan fingerprint density at radius 3 is 2.69 bits per heavy atom. The van der Waals surface area contributed by atoms with Gasteiger partial charge in [0.05, 0.1) is 19.1 Å². The van der Waals surface area contributed by atoms with E-state index in [2.05, 4.69) is 15.4 Å². The Morgan fingerprint density at radius 2 is 1.91 bits per heavy atom. The Labute approximate surface area is 187 Å². The summed E-state index contributed by atoms with van der Waals surface area (Å²) >= 11 is 6.22. The number of aromatic nitrogens is 6. The predicted octanol–water partition coefficient (Wildman–Crippen LogP) is 1.75. The van der Waals surface area contributed by atoms with Gasteiger partial charge in [-0.1, -0.05) is 29.8 Å². The number of rotatable bonds is 7. The highest BCUT2D eigenvalue weighted by molar-refractivity contribution is 6.31. The van der Waals surface area contributed by atoms with Crippen molar-refractivity contribution in [1.82, 2.24) is 28.5 Å². The number of hydrogen-bond acceptors (Lipinski definition) is 5. The molecule has 0 aliphatic rings. The van der Waals surface area contributed by atoms with Crippen LogP contribution in [0.25, 0.3) is 11.2 Å². The maximum absolute atomic E-state index is 12.5. The zero-order valence-electron chi connectivity index (χ0n) is 17.7. The molecule has 32 heavy (non-hydrogen) atoms. The molecule has 1 N–H and O–H groups in total. The molecule has 11 heteroatoms. The maximum Gasteiger partial charge on any atom is 0.332 e. The van der Waals surface area contributed by atoms with Gasteiger partial charge in [0, 0.05) is 38.1 Å². The van der Waals surface area contributed by atoms with E-state index >= 15 is 0 Å². The van der Waals surface area contributed by atoms with Gasteiger partial charge in [-0.3, -0.25) is 18.7 Å². The Kier molecular flexibility index (Phi) is 5.95. The molecule has 3 heterocycles. The van der Waals surface area contributed by atoms with E-state index in [1.807, 2.05) is 24.3 Å². The number of fused-ring (bicyclic) bond motifs is 1. The van der Waals surface area contributed by atoms with Crippen LogP contribution in [-0.4, -0.2) is 34.4 Å². The summed E-state index contributed by atoms with van der Waals surface area (Å²) in [5.41, 5.74) is 0.726. The quantitative estimate of drug-likeness (QED) is 0.456. The monoisotopic (exact) mass is 455 g/mol. The Morgan fingerprint density at radius 1 is 1.12 bits per heavy atom. The summed E-state index contributed by atoms with van der Waals surface area (Å²) in [5.74, 6) is 0.405. The largest absolute Gasteiger partial charge is 0.332 e. The van der Waals surface area contributed by atoms with Gasteiger partial charge in [0.2, 0.25) is 5.91 Å². The van der Waals surface area contributed by atoms with E-state index in [9.17, 15) is 14.4 Å². The lowest BCUT2D eigenvalue weighted by Gasteiger charge is -2.10. The number of hydrogen-bond donors (Lipinski definition) is 1. The molecule has 1 amide bonds. The van der Waals surface area contributed by atoms with Crippen LogP contribution in [0.1, 0.15) is 18.4 Å². The summed E-state index contributed by atoms with van der Waals surface area (Å²) < 4.78 is 5.73. The van der Waals surface area contributed by atoms with Crippen molar-refractivity contribution in [2.24, 2.45) is 14.1 Å². The lowest BCUT2D eigenvalue weighted by Crippen LogP contribution is -2.37. The minimum Gasteiger partial charge on any atom is -0.325 e. The molecule has 0 fully saturated rings. The molecule has 0 bridgehead atoms. The first-order chi connectivity index (χ1) is 15.4. The summed E-state index contributed by atoms with van der Waals surface area (Å²) in [5, 5.41) is 7.76. The third kappa shape index (κ3) is 4.09. The molecule has 3 aromatic heterocycles. The van der Waals surface area contributed by atoms with Crippen LogP contribution in [0.3, 0.4) is 0 Å². The molecule has 0 saturated carbocycles. The third-order valence-corrected chi connectivity index (χ3v) is 5.65. The lowest BCUT2D eigenvalue weighted by molar-refractivity contribution is -0.116. The first-order valence-corrected chi connectivity index (χ1v) is 10.4. The molecule has 0 aliphatic heterocycles. The first kappa shape index (κ1) is 21.6. The maximum atomic E-state index is 12.5. The van der Waals surface area contributed by atoms with Crippen LogP contribution >= 0.6 is 11.6 Å². The molecular formula is C21H22ClN7O3. The van der Waals surface area contributed by atoms with Crippen LogP contribution in [-0.2, 0) is 32.0 Å². The van der Waals surface area contributed by atoms with Crippen molar-refractivity contribution in [2.75, 3.05) is 5.32 Å². The summed E-state index contributed by atoms with van der Waals surface area (Å²) in [7, 11) is 3.00. The van der Waals surface area contributed by atoms with Crippen molar-refractivity contribution in [3.05, 3.63) is 74.3 Å². The molecule has 4 rings (SSSR count). The fourth-order valence-electron chi connectivity index (χ4n) is 3.53. The second-order valence-electron chi connectivity index (χ2n) is 7.43. The molecule has 0 aliphatic carbocycles. The van der Waals surface area contributed by atoms with Gasteiger partial charge in [0.25, 0.3) is 5.56 Å². The van der Waals surface area contributed by atoms with Crippen LogP contribution < -0.4 is 16.6 Å². The van der Waals surface area contributed by atoms with Gasteiger partial charge in [-0.2, -0.15) is 5.10 Å². The van der Waals surface area contributed by atoms with Gasteiger partial charge in [0.1, 0.15) is 5.82 Å². The Hall–Kier alpha value is -3.66. The van der Waals surface area contributed by atoms with Crippen molar-refractivity contribution in [3.8, 4) is 0 Å². The van der Waals surface area contributed by atoms with Gasteiger partial charge in [-0.25, -0.2) is 14.5 Å². The molecular weight excluding hydrogens is 434 g/mol. The highest BCUT2D eigenvalue weighted by Gasteiger charge is 2.15. The van der Waals surface area contributed by atoms with E-state index in [0.29, 0.717) is 41.5 Å². The minimum atomic E-state index is -0.430. The normalized spacial score (nSPS) is 11.2. The zero-order chi connectivity index (χ0) is 22.8. The van der Waals surface area contributed by atoms with Gasteiger partial charge in [-0.05, 0) is 18.1 Å². The summed E-state index contributed by atoms with van der Waals surface area (Å²) in [6.45, 7) is 0.849. The van der Waals surface area contributed by atoms with E-state index in [1.165, 1.54) is 17.9 Å². The SMILES string of the molecule is Cn1c(=O)c2c(ncn2CCCC(=O)Nc2ccnn2Cc2ccccc2Cl)n(C)c1=O. The number of carbonyl (C=O) groups is 1.